The van der Waals surface area contributed by atoms with E-state index in [-0.39, 0.29) is 0 Å². The van der Waals surface area contributed by atoms with E-state index in [9.17, 15) is 0 Å². The molecule has 3 rings (SSSR count). The maximum atomic E-state index is 4.30. The number of aryl methyl sites for hydroxylation is 1. The van der Waals surface area contributed by atoms with Crippen molar-refractivity contribution in [3.63, 3.8) is 0 Å². The summed E-state index contributed by atoms with van der Waals surface area (Å²) in [6.07, 6.45) is 3.96. The third kappa shape index (κ3) is 1.67. The fraction of sp³-hybridized carbons (Fsp3) is 0.154. The summed E-state index contributed by atoms with van der Waals surface area (Å²) in [4.78, 5) is 4.30. The number of nitrogens with zero attached hydrogens (tertiary/aromatic N) is 2. The van der Waals surface area contributed by atoms with Crippen LogP contribution in [0, 0.1) is 0 Å². The summed E-state index contributed by atoms with van der Waals surface area (Å²) in [5.74, 6) is 0.891. The summed E-state index contributed by atoms with van der Waals surface area (Å²) < 4.78 is 1.94. The number of rotatable bonds is 2. The Morgan fingerprint density at radius 1 is 1.24 bits per heavy atom. The zero-order valence-corrected chi connectivity index (χ0v) is 9.86. The molecule has 4 nitrogen and oxygen atoms in total. The van der Waals surface area contributed by atoms with Crippen LogP contribution in [0.15, 0.2) is 36.7 Å². The minimum atomic E-state index is 0.891. The number of aromatic amines is 1. The molecule has 17 heavy (non-hydrogen) atoms. The molecule has 0 aliphatic carbocycles. The maximum Gasteiger partial charge on any atom is 0.126 e. The van der Waals surface area contributed by atoms with Gasteiger partial charge in [0, 0.05) is 37.4 Å². The SMILES string of the molecule is CNc1cc2cc(-c3cn(C)[nH]3)ccc2cn1. The van der Waals surface area contributed by atoms with Crippen molar-refractivity contribution in [3.8, 4) is 11.3 Å². The largest absolute Gasteiger partial charge is 0.373 e. The number of aromatic nitrogens is 3. The molecule has 0 saturated carbocycles. The van der Waals surface area contributed by atoms with Crippen molar-refractivity contribution in [3.05, 3.63) is 36.7 Å². The van der Waals surface area contributed by atoms with E-state index < -0.39 is 0 Å². The number of hydrogen-bond donors (Lipinski definition) is 2. The predicted molar refractivity (Wildman–Crippen MR) is 70.0 cm³/mol. The van der Waals surface area contributed by atoms with Crippen molar-refractivity contribution >= 4 is 16.6 Å². The van der Waals surface area contributed by atoms with Crippen molar-refractivity contribution in [2.75, 3.05) is 12.4 Å². The molecule has 1 aromatic carbocycles. The van der Waals surface area contributed by atoms with Crippen LogP contribution in [0.4, 0.5) is 5.82 Å². The minimum Gasteiger partial charge on any atom is -0.373 e. The molecule has 0 aliphatic heterocycles. The zero-order chi connectivity index (χ0) is 11.8. The lowest BCUT2D eigenvalue weighted by Crippen LogP contribution is -2.04. The highest BCUT2D eigenvalue weighted by atomic mass is 15.3. The molecule has 3 aromatic rings. The van der Waals surface area contributed by atoms with Gasteiger partial charge in [0.2, 0.25) is 0 Å². The van der Waals surface area contributed by atoms with E-state index in [1.165, 1.54) is 10.9 Å². The molecular weight excluding hydrogens is 212 g/mol. The Labute approximate surface area is 99.3 Å². The van der Waals surface area contributed by atoms with Gasteiger partial charge in [-0.25, -0.2) is 4.98 Å². The molecule has 2 heterocycles. The second-order valence-corrected chi connectivity index (χ2v) is 4.15. The minimum absolute atomic E-state index is 0.891. The molecule has 0 amide bonds. The van der Waals surface area contributed by atoms with Gasteiger partial charge in [0.05, 0.1) is 5.69 Å². The van der Waals surface area contributed by atoms with Gasteiger partial charge in [-0.2, -0.15) is 0 Å². The Hall–Kier alpha value is -2.23. The lowest BCUT2D eigenvalue weighted by molar-refractivity contribution is 0.699. The number of pyridine rings is 1. The number of hydrogen-bond acceptors (Lipinski definition) is 2. The number of fused-ring (bicyclic) bond motifs is 1. The molecule has 2 N–H and O–H groups in total. The van der Waals surface area contributed by atoms with Gasteiger partial charge in [-0.1, -0.05) is 12.1 Å². The lowest BCUT2D eigenvalue weighted by Gasteiger charge is -2.12. The van der Waals surface area contributed by atoms with Crippen LogP contribution in [0.25, 0.3) is 22.0 Å². The first-order valence-electron chi connectivity index (χ1n) is 5.55. The number of H-pyrrole nitrogens is 1. The van der Waals surface area contributed by atoms with Crippen LogP contribution >= 0.6 is 0 Å². The summed E-state index contributed by atoms with van der Waals surface area (Å²) in [6.45, 7) is 0. The monoisotopic (exact) mass is 226 g/mol. The first kappa shape index (κ1) is 9.96. The fourth-order valence-corrected chi connectivity index (χ4v) is 1.96. The normalized spacial score (nSPS) is 10.9. The standard InChI is InChI=1S/C13H14N4/c1-14-13-6-11-5-9(12-8-17(2)16-12)3-4-10(11)7-15-13/h3-8,16H,1-2H3,(H,14,15). The second kappa shape index (κ2) is 3.66. The van der Waals surface area contributed by atoms with Gasteiger partial charge < -0.3 is 5.32 Å². The summed E-state index contributed by atoms with van der Waals surface area (Å²) in [5.41, 5.74) is 2.35. The average Bonchev–Trinajstić information content (AvgIpc) is 2.33. The van der Waals surface area contributed by atoms with Gasteiger partial charge in [-0.05, 0) is 17.5 Å². The third-order valence-corrected chi connectivity index (χ3v) is 2.91. The third-order valence-electron chi connectivity index (χ3n) is 2.91. The molecule has 4 heteroatoms. The van der Waals surface area contributed by atoms with Gasteiger partial charge in [-0.3, -0.25) is 9.78 Å². The van der Waals surface area contributed by atoms with E-state index in [0.717, 1.165) is 16.9 Å². The van der Waals surface area contributed by atoms with E-state index in [2.05, 4.69) is 45.9 Å². The van der Waals surface area contributed by atoms with Gasteiger partial charge in [0.15, 0.2) is 0 Å². The Morgan fingerprint density at radius 3 is 2.76 bits per heavy atom. The number of benzene rings is 1. The maximum absolute atomic E-state index is 4.30. The molecule has 0 spiro atoms. The van der Waals surface area contributed by atoms with Gasteiger partial charge in [0.25, 0.3) is 0 Å². The molecule has 86 valence electrons. The van der Waals surface area contributed by atoms with Crippen LogP contribution in [0.3, 0.4) is 0 Å². The van der Waals surface area contributed by atoms with E-state index >= 15 is 0 Å². The topological polar surface area (TPSA) is 45.6 Å². The number of nitrogens with one attached hydrogen (secondary N) is 2. The first-order valence-corrected chi connectivity index (χ1v) is 5.55. The molecule has 0 atom stereocenters. The van der Waals surface area contributed by atoms with Crippen LogP contribution in [-0.4, -0.2) is 21.8 Å². The zero-order valence-electron chi connectivity index (χ0n) is 9.86. The highest BCUT2D eigenvalue weighted by Crippen LogP contribution is 2.24. The molecule has 0 aliphatic rings. The second-order valence-electron chi connectivity index (χ2n) is 4.15. The summed E-state index contributed by atoms with van der Waals surface area (Å²) in [5, 5.41) is 8.62. The van der Waals surface area contributed by atoms with Gasteiger partial charge in [0.1, 0.15) is 5.82 Å². The van der Waals surface area contributed by atoms with Crippen LogP contribution in [0.5, 0.6) is 0 Å². The van der Waals surface area contributed by atoms with E-state index in [0.29, 0.717) is 0 Å². The summed E-state index contributed by atoms with van der Waals surface area (Å²) in [7, 11) is 3.86. The quantitative estimate of drug-likeness (QED) is 0.705. The summed E-state index contributed by atoms with van der Waals surface area (Å²) in [6, 6.07) is 8.43. The Morgan fingerprint density at radius 2 is 2.06 bits per heavy atom. The van der Waals surface area contributed by atoms with E-state index in [4.69, 9.17) is 0 Å². The van der Waals surface area contributed by atoms with Crippen LogP contribution < -0.4 is 5.32 Å². The molecule has 0 fully saturated rings. The highest BCUT2D eigenvalue weighted by Gasteiger charge is 2.04. The van der Waals surface area contributed by atoms with Gasteiger partial charge >= 0.3 is 0 Å². The Bertz CT molecular complexity index is 651. The van der Waals surface area contributed by atoms with Crippen molar-refractivity contribution in [1.82, 2.24) is 14.8 Å². The smallest absolute Gasteiger partial charge is 0.126 e. The van der Waals surface area contributed by atoms with Crippen molar-refractivity contribution in [2.45, 2.75) is 0 Å². The molecule has 0 radical (unpaired) electrons. The number of anilines is 1. The van der Waals surface area contributed by atoms with Crippen molar-refractivity contribution in [2.24, 2.45) is 7.05 Å². The Balaban J connectivity index is 2.12. The van der Waals surface area contributed by atoms with Crippen LogP contribution in [0.1, 0.15) is 0 Å². The van der Waals surface area contributed by atoms with Crippen molar-refractivity contribution < 1.29 is 0 Å². The molecular formula is C13H14N4. The molecule has 0 saturated heterocycles. The molecule has 0 unspecified atom stereocenters. The highest BCUT2D eigenvalue weighted by molar-refractivity contribution is 5.87. The van der Waals surface area contributed by atoms with E-state index in [1.54, 1.807) is 0 Å². The lowest BCUT2D eigenvalue weighted by atomic mass is 10.1. The summed E-state index contributed by atoms with van der Waals surface area (Å²) >= 11 is 0. The predicted octanol–water partition coefficient (Wildman–Crippen LogP) is 2.61. The average molecular weight is 226 g/mol. The van der Waals surface area contributed by atoms with E-state index in [1.807, 2.05) is 25.0 Å². The van der Waals surface area contributed by atoms with Crippen LogP contribution in [0.2, 0.25) is 0 Å². The Kier molecular flexibility index (Phi) is 2.14. The molecule has 0 bridgehead atoms. The first-order chi connectivity index (χ1) is 8.26. The van der Waals surface area contributed by atoms with Crippen LogP contribution in [-0.2, 0) is 7.05 Å². The molecule has 2 aromatic heterocycles. The fourth-order valence-electron chi connectivity index (χ4n) is 1.96. The van der Waals surface area contributed by atoms with Crippen molar-refractivity contribution in [1.29, 1.82) is 0 Å². The van der Waals surface area contributed by atoms with Gasteiger partial charge in [-0.15, -0.1) is 0 Å².